The molecule has 0 aliphatic carbocycles. The van der Waals surface area contributed by atoms with Gasteiger partial charge in [-0.25, -0.2) is 4.90 Å². The van der Waals surface area contributed by atoms with E-state index in [1.165, 1.54) is 23.1 Å². The predicted molar refractivity (Wildman–Crippen MR) is 115 cm³/mol. The van der Waals surface area contributed by atoms with E-state index < -0.39 is 6.17 Å². The minimum Gasteiger partial charge on any atom is -0.291 e. The second-order valence-electron chi connectivity index (χ2n) is 6.14. The van der Waals surface area contributed by atoms with Gasteiger partial charge in [-0.15, -0.1) is 11.3 Å². The number of thiophene rings is 1. The molecular formula is C19H18BrN4O2S2+. The molecular weight excluding hydrogens is 460 g/mol. The number of nitrogens with zero attached hydrogens (tertiary/aromatic N) is 3. The molecule has 0 spiro atoms. The molecule has 0 unspecified atom stereocenters. The molecule has 9 heteroatoms. The van der Waals surface area contributed by atoms with Crippen molar-refractivity contribution in [1.29, 1.82) is 0 Å². The topological polar surface area (TPSA) is 69.9 Å². The highest BCUT2D eigenvalue weighted by Crippen LogP contribution is 2.39. The Hall–Kier alpha value is -1.97. The van der Waals surface area contributed by atoms with Gasteiger partial charge in [0.05, 0.1) is 19.9 Å². The van der Waals surface area contributed by atoms with E-state index in [2.05, 4.69) is 20.9 Å². The van der Waals surface area contributed by atoms with Crippen LogP contribution in [0.3, 0.4) is 0 Å². The number of H-pyrrole nitrogens is 1. The van der Waals surface area contributed by atoms with Crippen molar-refractivity contribution in [2.75, 3.05) is 10.7 Å². The number of carbonyl (C=O) groups excluding carboxylic acids is 1. The first-order valence-corrected chi connectivity index (χ1v) is 11.5. The molecule has 1 aliphatic heterocycles. The number of hydrogen-bond acceptors (Lipinski definition) is 5. The number of benzene rings is 1. The summed E-state index contributed by atoms with van der Waals surface area (Å²) in [5.74, 6) is 0.762. The van der Waals surface area contributed by atoms with Crippen LogP contribution in [0, 0.1) is 0 Å². The Bertz CT molecular complexity index is 1110. The minimum atomic E-state index is -0.507. The van der Waals surface area contributed by atoms with Crippen molar-refractivity contribution in [3.05, 3.63) is 55.4 Å². The van der Waals surface area contributed by atoms with Crippen molar-refractivity contribution in [2.24, 2.45) is 0 Å². The first-order chi connectivity index (χ1) is 13.5. The summed E-state index contributed by atoms with van der Waals surface area (Å²) in [7, 11) is 0. The lowest BCUT2D eigenvalue weighted by atomic mass is 10.0. The van der Waals surface area contributed by atoms with E-state index in [-0.39, 0.29) is 11.5 Å². The zero-order valence-corrected chi connectivity index (χ0v) is 18.5. The molecule has 0 bridgehead atoms. The fourth-order valence-electron chi connectivity index (χ4n) is 3.34. The van der Waals surface area contributed by atoms with Crippen LogP contribution in [0.25, 0.3) is 11.3 Å². The molecule has 144 valence electrons. The van der Waals surface area contributed by atoms with Crippen molar-refractivity contribution in [3.8, 4) is 11.3 Å². The number of carbonyl (C=O) groups is 1. The smallest absolute Gasteiger partial charge is 0.291 e. The van der Waals surface area contributed by atoms with Gasteiger partial charge in [-0.05, 0) is 50.6 Å². The summed E-state index contributed by atoms with van der Waals surface area (Å²) in [6.07, 6.45) is -0.153. The fraction of sp³-hybridized carbons (Fsp3) is 0.263. The Balaban J connectivity index is 2.06. The number of aromatic nitrogens is 3. The van der Waals surface area contributed by atoms with Crippen LogP contribution in [0.4, 0.5) is 5.69 Å². The quantitative estimate of drug-likeness (QED) is 0.455. The van der Waals surface area contributed by atoms with Gasteiger partial charge in [-0.3, -0.25) is 14.6 Å². The zero-order chi connectivity index (χ0) is 19.8. The lowest BCUT2D eigenvalue weighted by Crippen LogP contribution is -2.60. The predicted octanol–water partition coefficient (Wildman–Crippen LogP) is 3.96. The second kappa shape index (κ2) is 7.81. The van der Waals surface area contributed by atoms with E-state index >= 15 is 0 Å². The molecule has 1 atom stereocenters. The maximum Gasteiger partial charge on any atom is 0.325 e. The molecule has 0 radical (unpaired) electrons. The third-order valence-corrected chi connectivity index (χ3v) is 6.87. The number of hydrogen-bond donors (Lipinski definition) is 1. The highest BCUT2D eigenvalue weighted by Gasteiger charge is 2.45. The van der Waals surface area contributed by atoms with Gasteiger partial charge in [0.2, 0.25) is 11.1 Å². The first-order valence-electron chi connectivity index (χ1n) is 8.90. The maximum atomic E-state index is 13.0. The summed E-state index contributed by atoms with van der Waals surface area (Å²) in [6.45, 7) is 3.85. The fourth-order valence-corrected chi connectivity index (χ4v) is 5.42. The third-order valence-electron chi connectivity index (χ3n) is 4.46. The number of amides is 1. The number of aromatic amines is 1. The molecule has 1 aromatic carbocycles. The van der Waals surface area contributed by atoms with Crippen LogP contribution in [-0.4, -0.2) is 21.7 Å². The van der Waals surface area contributed by atoms with Crippen molar-refractivity contribution in [1.82, 2.24) is 10.1 Å². The van der Waals surface area contributed by atoms with E-state index in [0.29, 0.717) is 22.8 Å². The summed E-state index contributed by atoms with van der Waals surface area (Å²) in [5, 5.41) is 5.26. The third kappa shape index (κ3) is 3.21. The number of fused-ring (bicyclic) bond motifs is 3. The van der Waals surface area contributed by atoms with E-state index in [4.69, 9.17) is 5.10 Å². The standard InChI is InChI=1S/C19H17BrN4O2S2/c1-3-15(25)23-12-8-6-5-7-11(12)16-17(26)21-19(27-4-2)22-24(16)18(23)13-9-10-14(20)28-13/h5-10,18H,3-4H2,1-2H3/p+1/t18-/m0/s1. The molecule has 28 heavy (non-hydrogen) atoms. The Morgan fingerprint density at radius 3 is 2.79 bits per heavy atom. The lowest BCUT2D eigenvalue weighted by Gasteiger charge is -2.31. The minimum absolute atomic E-state index is 0.0214. The van der Waals surface area contributed by atoms with Gasteiger partial charge in [0.1, 0.15) is 0 Å². The zero-order valence-electron chi connectivity index (χ0n) is 15.3. The van der Waals surface area contributed by atoms with Crippen LogP contribution >= 0.6 is 39.0 Å². The van der Waals surface area contributed by atoms with E-state index in [0.717, 1.165) is 20.1 Å². The van der Waals surface area contributed by atoms with E-state index in [1.807, 2.05) is 50.2 Å². The average Bonchev–Trinajstić information content (AvgIpc) is 3.12. The largest absolute Gasteiger partial charge is 0.325 e. The molecule has 3 heterocycles. The van der Waals surface area contributed by atoms with Gasteiger partial charge < -0.3 is 0 Å². The number of thioether (sulfide) groups is 1. The molecule has 2 aromatic heterocycles. The summed E-state index contributed by atoms with van der Waals surface area (Å²) >= 11 is 6.51. The summed E-state index contributed by atoms with van der Waals surface area (Å²) < 4.78 is 2.66. The molecule has 0 saturated carbocycles. The Labute approximate surface area is 178 Å². The molecule has 1 amide bonds. The van der Waals surface area contributed by atoms with Crippen LogP contribution < -0.4 is 15.1 Å². The van der Waals surface area contributed by atoms with E-state index in [1.54, 1.807) is 9.58 Å². The SMILES string of the molecule is CCSc1n[n+]2c(c(=O)[nH]1)-c1ccccc1N(C(=O)CC)[C@@H]2c1ccc(Br)s1. The van der Waals surface area contributed by atoms with Gasteiger partial charge >= 0.3 is 17.4 Å². The van der Waals surface area contributed by atoms with Crippen molar-refractivity contribution < 1.29 is 9.48 Å². The summed E-state index contributed by atoms with van der Waals surface area (Å²) in [5.41, 5.74) is 1.69. The average molecular weight is 478 g/mol. The molecule has 6 nitrogen and oxygen atoms in total. The van der Waals surface area contributed by atoms with Gasteiger partial charge in [-0.1, -0.05) is 37.7 Å². The molecule has 4 rings (SSSR count). The number of para-hydroxylation sites is 1. The van der Waals surface area contributed by atoms with Crippen LogP contribution in [0.2, 0.25) is 0 Å². The second-order valence-corrected chi connectivity index (χ2v) is 9.88. The summed E-state index contributed by atoms with van der Waals surface area (Å²) in [6, 6.07) is 11.4. The van der Waals surface area contributed by atoms with Gasteiger partial charge in [0.15, 0.2) is 0 Å². The molecule has 0 saturated heterocycles. The Morgan fingerprint density at radius 1 is 1.32 bits per heavy atom. The van der Waals surface area contributed by atoms with Crippen LogP contribution in [0.15, 0.2) is 50.1 Å². The number of anilines is 1. The Morgan fingerprint density at radius 2 is 2.11 bits per heavy atom. The normalized spacial score (nSPS) is 15.2. The van der Waals surface area contributed by atoms with Gasteiger partial charge in [-0.2, -0.15) is 0 Å². The van der Waals surface area contributed by atoms with Crippen molar-refractivity contribution in [3.63, 3.8) is 0 Å². The van der Waals surface area contributed by atoms with Crippen LogP contribution in [0.5, 0.6) is 0 Å². The lowest BCUT2D eigenvalue weighted by molar-refractivity contribution is -0.762. The molecule has 3 aromatic rings. The van der Waals surface area contributed by atoms with Crippen molar-refractivity contribution >= 4 is 50.6 Å². The Kier molecular flexibility index (Phi) is 5.39. The number of rotatable bonds is 4. The highest BCUT2D eigenvalue weighted by molar-refractivity contribution is 9.11. The van der Waals surface area contributed by atoms with Gasteiger partial charge in [0, 0.05) is 11.5 Å². The highest BCUT2D eigenvalue weighted by atomic mass is 79.9. The van der Waals surface area contributed by atoms with E-state index in [9.17, 15) is 9.59 Å². The molecule has 1 N–H and O–H groups in total. The monoisotopic (exact) mass is 477 g/mol. The maximum absolute atomic E-state index is 13.0. The van der Waals surface area contributed by atoms with Gasteiger partial charge in [0.25, 0.3) is 0 Å². The van der Waals surface area contributed by atoms with Crippen LogP contribution in [-0.2, 0) is 4.79 Å². The first kappa shape index (κ1) is 19.4. The van der Waals surface area contributed by atoms with Crippen molar-refractivity contribution in [2.45, 2.75) is 31.6 Å². The molecule has 1 aliphatic rings. The van der Waals surface area contributed by atoms with Crippen LogP contribution in [0.1, 0.15) is 31.3 Å². The molecule has 0 fully saturated rings. The number of halogens is 1. The number of nitrogens with one attached hydrogen (secondary N) is 1. The summed E-state index contributed by atoms with van der Waals surface area (Å²) in [4.78, 5) is 31.6.